The van der Waals surface area contributed by atoms with Crippen LogP contribution < -0.4 is 5.32 Å². The molecule has 0 radical (unpaired) electrons. The Labute approximate surface area is 108 Å². The normalized spacial score (nSPS) is 21.3. The Morgan fingerprint density at radius 1 is 1.47 bits per heavy atom. The standard InChI is InChI=1S/C14H21NOS/c1-10(16)14(2,3)15-8-11-9-17-13-7-5-4-6-12(11)13/h4-7,10-11,15-16H,8-9H2,1-3H3. The van der Waals surface area contributed by atoms with Gasteiger partial charge >= 0.3 is 0 Å². The number of hydrogen-bond acceptors (Lipinski definition) is 3. The van der Waals surface area contributed by atoms with Gasteiger partial charge in [0, 0.05) is 28.6 Å². The van der Waals surface area contributed by atoms with Gasteiger partial charge in [-0.05, 0) is 32.4 Å². The van der Waals surface area contributed by atoms with Crippen LogP contribution in [0.3, 0.4) is 0 Å². The molecule has 0 saturated carbocycles. The number of thioether (sulfide) groups is 1. The predicted octanol–water partition coefficient (Wildman–Crippen LogP) is 2.62. The number of aliphatic hydroxyl groups excluding tert-OH is 1. The fraction of sp³-hybridized carbons (Fsp3) is 0.571. The molecule has 94 valence electrons. The molecule has 2 rings (SSSR count). The van der Waals surface area contributed by atoms with E-state index in [2.05, 4.69) is 29.6 Å². The largest absolute Gasteiger partial charge is 0.392 e. The Bertz CT molecular complexity index is 390. The maximum Gasteiger partial charge on any atom is 0.0688 e. The highest BCUT2D eigenvalue weighted by Crippen LogP contribution is 2.39. The van der Waals surface area contributed by atoms with Crippen molar-refractivity contribution in [2.45, 2.75) is 43.2 Å². The average Bonchev–Trinajstić information content (AvgIpc) is 2.69. The van der Waals surface area contributed by atoms with E-state index >= 15 is 0 Å². The SMILES string of the molecule is CC(O)C(C)(C)NCC1CSc2ccccc21. The third kappa shape index (κ3) is 2.84. The second-order valence-electron chi connectivity index (χ2n) is 5.32. The highest BCUT2D eigenvalue weighted by Gasteiger charge is 2.27. The second kappa shape index (κ2) is 5.01. The van der Waals surface area contributed by atoms with Gasteiger partial charge in [0.15, 0.2) is 0 Å². The minimum Gasteiger partial charge on any atom is -0.392 e. The smallest absolute Gasteiger partial charge is 0.0688 e. The molecule has 2 N–H and O–H groups in total. The van der Waals surface area contributed by atoms with E-state index in [1.807, 2.05) is 32.5 Å². The molecule has 1 heterocycles. The summed E-state index contributed by atoms with van der Waals surface area (Å²) in [5, 5.41) is 13.2. The molecule has 2 atom stereocenters. The van der Waals surface area contributed by atoms with Gasteiger partial charge in [-0.15, -0.1) is 11.8 Å². The van der Waals surface area contributed by atoms with Crippen molar-refractivity contribution in [2.24, 2.45) is 0 Å². The molecule has 0 fully saturated rings. The zero-order valence-corrected chi connectivity index (χ0v) is 11.6. The van der Waals surface area contributed by atoms with Crippen LogP contribution in [0.25, 0.3) is 0 Å². The van der Waals surface area contributed by atoms with E-state index in [1.54, 1.807) is 0 Å². The first-order valence-electron chi connectivity index (χ1n) is 6.15. The van der Waals surface area contributed by atoms with Crippen LogP contribution >= 0.6 is 11.8 Å². The molecule has 0 saturated heterocycles. The van der Waals surface area contributed by atoms with Crippen LogP contribution in [-0.2, 0) is 0 Å². The molecular weight excluding hydrogens is 230 g/mol. The van der Waals surface area contributed by atoms with Gasteiger partial charge in [0.2, 0.25) is 0 Å². The number of fused-ring (bicyclic) bond motifs is 1. The van der Waals surface area contributed by atoms with Crippen molar-refractivity contribution in [3.63, 3.8) is 0 Å². The van der Waals surface area contributed by atoms with Gasteiger partial charge in [0.05, 0.1) is 6.10 Å². The van der Waals surface area contributed by atoms with Crippen LogP contribution in [0.1, 0.15) is 32.3 Å². The molecule has 0 spiro atoms. The van der Waals surface area contributed by atoms with Gasteiger partial charge in [0.25, 0.3) is 0 Å². The monoisotopic (exact) mass is 251 g/mol. The average molecular weight is 251 g/mol. The maximum absolute atomic E-state index is 9.68. The predicted molar refractivity (Wildman–Crippen MR) is 73.7 cm³/mol. The number of nitrogens with one attached hydrogen (secondary N) is 1. The van der Waals surface area contributed by atoms with Crippen molar-refractivity contribution in [3.8, 4) is 0 Å². The summed E-state index contributed by atoms with van der Waals surface area (Å²) in [6, 6.07) is 8.62. The van der Waals surface area contributed by atoms with Crippen LogP contribution in [0.15, 0.2) is 29.2 Å². The topological polar surface area (TPSA) is 32.3 Å². The number of benzene rings is 1. The van der Waals surface area contributed by atoms with Crippen LogP contribution in [0, 0.1) is 0 Å². The molecule has 17 heavy (non-hydrogen) atoms. The van der Waals surface area contributed by atoms with Gasteiger partial charge in [-0.1, -0.05) is 18.2 Å². The molecule has 1 aromatic carbocycles. The minimum atomic E-state index is -0.341. The number of rotatable bonds is 4. The molecule has 1 aliphatic rings. The van der Waals surface area contributed by atoms with E-state index in [4.69, 9.17) is 0 Å². The van der Waals surface area contributed by atoms with Gasteiger partial charge in [-0.3, -0.25) is 0 Å². The minimum absolute atomic E-state index is 0.220. The van der Waals surface area contributed by atoms with Crippen molar-refractivity contribution in [2.75, 3.05) is 12.3 Å². The molecular formula is C14H21NOS. The summed E-state index contributed by atoms with van der Waals surface area (Å²) >= 11 is 1.93. The zero-order chi connectivity index (χ0) is 12.5. The summed E-state index contributed by atoms with van der Waals surface area (Å²) in [4.78, 5) is 1.41. The third-order valence-corrected chi connectivity index (χ3v) is 4.90. The first kappa shape index (κ1) is 12.9. The molecule has 0 aromatic heterocycles. The summed E-state index contributed by atoms with van der Waals surface area (Å²) in [7, 11) is 0. The summed E-state index contributed by atoms with van der Waals surface area (Å²) in [5.41, 5.74) is 1.23. The molecule has 1 aromatic rings. The van der Waals surface area contributed by atoms with E-state index in [0.717, 1.165) is 12.3 Å². The van der Waals surface area contributed by atoms with Crippen LogP contribution in [0.2, 0.25) is 0 Å². The molecule has 1 aliphatic heterocycles. The van der Waals surface area contributed by atoms with Crippen LogP contribution in [0.4, 0.5) is 0 Å². The van der Waals surface area contributed by atoms with E-state index in [-0.39, 0.29) is 11.6 Å². The highest BCUT2D eigenvalue weighted by molar-refractivity contribution is 7.99. The Kier molecular flexibility index (Phi) is 3.81. The van der Waals surface area contributed by atoms with Gasteiger partial charge in [0.1, 0.15) is 0 Å². The van der Waals surface area contributed by atoms with Crippen LogP contribution in [-0.4, -0.2) is 29.0 Å². The Morgan fingerprint density at radius 2 is 2.18 bits per heavy atom. The number of aliphatic hydroxyl groups is 1. The van der Waals surface area contributed by atoms with Crippen molar-refractivity contribution < 1.29 is 5.11 Å². The summed E-state index contributed by atoms with van der Waals surface area (Å²) < 4.78 is 0. The fourth-order valence-corrected chi connectivity index (χ4v) is 3.19. The highest BCUT2D eigenvalue weighted by atomic mass is 32.2. The van der Waals surface area contributed by atoms with Crippen molar-refractivity contribution in [1.82, 2.24) is 5.32 Å². The van der Waals surface area contributed by atoms with Gasteiger partial charge in [-0.25, -0.2) is 0 Å². The molecule has 2 unspecified atom stereocenters. The van der Waals surface area contributed by atoms with Crippen molar-refractivity contribution in [3.05, 3.63) is 29.8 Å². The number of hydrogen-bond donors (Lipinski definition) is 2. The summed E-state index contributed by atoms with van der Waals surface area (Å²) in [6.07, 6.45) is -0.341. The summed E-state index contributed by atoms with van der Waals surface area (Å²) in [5.74, 6) is 1.71. The van der Waals surface area contributed by atoms with Crippen molar-refractivity contribution >= 4 is 11.8 Å². The summed E-state index contributed by atoms with van der Waals surface area (Å²) in [6.45, 7) is 6.86. The van der Waals surface area contributed by atoms with E-state index in [0.29, 0.717) is 5.92 Å². The molecule has 0 bridgehead atoms. The first-order valence-corrected chi connectivity index (χ1v) is 7.14. The van der Waals surface area contributed by atoms with Gasteiger partial charge < -0.3 is 10.4 Å². The lowest BCUT2D eigenvalue weighted by atomic mass is 9.95. The van der Waals surface area contributed by atoms with Gasteiger partial charge in [-0.2, -0.15) is 0 Å². The lowest BCUT2D eigenvalue weighted by molar-refractivity contribution is 0.0961. The Balaban J connectivity index is 1.99. The molecule has 3 heteroatoms. The van der Waals surface area contributed by atoms with Crippen molar-refractivity contribution in [1.29, 1.82) is 0 Å². The molecule has 0 amide bonds. The Morgan fingerprint density at radius 3 is 2.88 bits per heavy atom. The lowest BCUT2D eigenvalue weighted by Gasteiger charge is -2.31. The zero-order valence-electron chi connectivity index (χ0n) is 10.7. The first-order chi connectivity index (χ1) is 8.00. The lowest BCUT2D eigenvalue weighted by Crippen LogP contribution is -2.49. The van der Waals surface area contributed by atoms with Crippen LogP contribution in [0.5, 0.6) is 0 Å². The Hall–Kier alpha value is -0.510. The van der Waals surface area contributed by atoms with E-state index in [9.17, 15) is 5.11 Å². The van der Waals surface area contributed by atoms with E-state index in [1.165, 1.54) is 10.5 Å². The fourth-order valence-electron chi connectivity index (χ4n) is 1.93. The second-order valence-corrected chi connectivity index (χ2v) is 6.39. The molecule has 2 nitrogen and oxygen atoms in total. The van der Waals surface area contributed by atoms with E-state index < -0.39 is 0 Å². The molecule has 0 aliphatic carbocycles. The third-order valence-electron chi connectivity index (χ3n) is 3.65. The quantitative estimate of drug-likeness (QED) is 0.863. The maximum atomic E-state index is 9.68.